The summed E-state index contributed by atoms with van der Waals surface area (Å²) in [5.41, 5.74) is 2.02. The summed E-state index contributed by atoms with van der Waals surface area (Å²) in [5, 5.41) is 14.9. The molecule has 0 amide bonds. The minimum atomic E-state index is -0.475. The number of nitro groups is 1. The summed E-state index contributed by atoms with van der Waals surface area (Å²) in [6.45, 7) is 0. The van der Waals surface area contributed by atoms with Crippen LogP contribution in [0.3, 0.4) is 0 Å². The van der Waals surface area contributed by atoms with Crippen molar-refractivity contribution in [2.24, 2.45) is 0 Å². The second kappa shape index (κ2) is 7.65. The van der Waals surface area contributed by atoms with Crippen LogP contribution >= 0.6 is 11.6 Å². The molecular formula is C21H13ClN4O3. The average Bonchev–Trinajstić information content (AvgIpc) is 2.74. The zero-order valence-electron chi connectivity index (χ0n) is 14.9. The van der Waals surface area contributed by atoms with Gasteiger partial charge in [0.25, 0.3) is 5.69 Å². The number of rotatable bonds is 5. The zero-order chi connectivity index (χ0) is 20.4. The number of halogens is 1. The van der Waals surface area contributed by atoms with E-state index in [0.29, 0.717) is 33.5 Å². The van der Waals surface area contributed by atoms with Crippen LogP contribution in [0.25, 0.3) is 10.9 Å². The van der Waals surface area contributed by atoms with Crippen LogP contribution in [0, 0.1) is 10.1 Å². The lowest BCUT2D eigenvalue weighted by molar-refractivity contribution is -0.384. The van der Waals surface area contributed by atoms with E-state index in [2.05, 4.69) is 15.3 Å². The maximum absolute atomic E-state index is 12.6. The van der Waals surface area contributed by atoms with Crippen LogP contribution in [-0.4, -0.2) is 20.7 Å². The lowest BCUT2D eigenvalue weighted by atomic mass is 10.0. The van der Waals surface area contributed by atoms with Crippen LogP contribution in [-0.2, 0) is 0 Å². The summed E-state index contributed by atoms with van der Waals surface area (Å²) in [4.78, 5) is 31.5. The van der Waals surface area contributed by atoms with E-state index >= 15 is 0 Å². The molecule has 142 valence electrons. The first-order valence-corrected chi connectivity index (χ1v) is 8.96. The van der Waals surface area contributed by atoms with Crippen LogP contribution < -0.4 is 5.32 Å². The predicted molar refractivity (Wildman–Crippen MR) is 111 cm³/mol. The molecule has 0 aliphatic heterocycles. The molecule has 0 bridgehead atoms. The second-order valence-electron chi connectivity index (χ2n) is 6.20. The number of non-ortho nitro benzene ring substituents is 1. The summed E-state index contributed by atoms with van der Waals surface area (Å²) in [6, 6.07) is 18.2. The van der Waals surface area contributed by atoms with Crippen LogP contribution in [0.4, 0.5) is 17.2 Å². The molecule has 0 atom stereocenters. The number of carbonyl (C=O) groups is 1. The summed E-state index contributed by atoms with van der Waals surface area (Å²) in [6.07, 6.45) is 1.37. The Hall–Kier alpha value is -3.84. The lowest BCUT2D eigenvalue weighted by Crippen LogP contribution is -2.03. The molecule has 0 unspecified atom stereocenters. The van der Waals surface area contributed by atoms with E-state index < -0.39 is 4.92 Å². The fourth-order valence-electron chi connectivity index (χ4n) is 2.92. The first kappa shape index (κ1) is 18.5. The predicted octanol–water partition coefficient (Wildman–Crippen LogP) is 5.17. The molecule has 0 spiro atoms. The van der Waals surface area contributed by atoms with Gasteiger partial charge in [-0.15, -0.1) is 0 Å². The number of nitrogens with zero attached hydrogens (tertiary/aromatic N) is 3. The SMILES string of the molecule is O=C(c1ccccc1)c1ccc(Nc2ncnc3ccc([N+](=O)[O-])cc23)cc1Cl. The van der Waals surface area contributed by atoms with E-state index in [9.17, 15) is 14.9 Å². The topological polar surface area (TPSA) is 98.0 Å². The Morgan fingerprint density at radius 1 is 1.00 bits per heavy atom. The summed E-state index contributed by atoms with van der Waals surface area (Å²) >= 11 is 6.34. The maximum Gasteiger partial charge on any atom is 0.270 e. The molecule has 3 aromatic carbocycles. The van der Waals surface area contributed by atoms with E-state index in [1.54, 1.807) is 48.5 Å². The number of aromatic nitrogens is 2. The Kier molecular flexibility index (Phi) is 4.88. The molecule has 0 aliphatic carbocycles. The van der Waals surface area contributed by atoms with Gasteiger partial charge >= 0.3 is 0 Å². The molecular weight excluding hydrogens is 392 g/mol. The van der Waals surface area contributed by atoms with Crippen molar-refractivity contribution in [2.75, 3.05) is 5.32 Å². The van der Waals surface area contributed by atoms with E-state index in [1.165, 1.54) is 18.5 Å². The Bertz CT molecular complexity index is 1250. The Balaban J connectivity index is 1.67. The maximum atomic E-state index is 12.6. The van der Waals surface area contributed by atoms with Crippen molar-refractivity contribution >= 4 is 45.5 Å². The number of hydrogen-bond donors (Lipinski definition) is 1. The van der Waals surface area contributed by atoms with Gasteiger partial charge in [-0.05, 0) is 24.3 Å². The van der Waals surface area contributed by atoms with Gasteiger partial charge in [0.1, 0.15) is 12.1 Å². The van der Waals surface area contributed by atoms with Crippen molar-refractivity contribution in [3.8, 4) is 0 Å². The van der Waals surface area contributed by atoms with Gasteiger partial charge < -0.3 is 5.32 Å². The van der Waals surface area contributed by atoms with Crippen molar-refractivity contribution in [1.29, 1.82) is 0 Å². The molecule has 0 radical (unpaired) electrons. The van der Waals surface area contributed by atoms with Crippen LogP contribution in [0.2, 0.25) is 5.02 Å². The third-order valence-electron chi connectivity index (χ3n) is 4.34. The fourth-order valence-corrected chi connectivity index (χ4v) is 3.18. The third-order valence-corrected chi connectivity index (χ3v) is 4.65. The van der Waals surface area contributed by atoms with Crippen molar-refractivity contribution in [2.45, 2.75) is 0 Å². The van der Waals surface area contributed by atoms with Crippen LogP contribution in [0.5, 0.6) is 0 Å². The third kappa shape index (κ3) is 3.76. The number of fused-ring (bicyclic) bond motifs is 1. The van der Waals surface area contributed by atoms with E-state index in [-0.39, 0.29) is 16.5 Å². The number of nitrogens with one attached hydrogen (secondary N) is 1. The van der Waals surface area contributed by atoms with E-state index in [0.717, 1.165) is 0 Å². The highest BCUT2D eigenvalue weighted by Crippen LogP contribution is 2.29. The number of ketones is 1. The monoisotopic (exact) mass is 404 g/mol. The molecule has 1 heterocycles. The van der Waals surface area contributed by atoms with Gasteiger partial charge in [0.05, 0.1) is 15.5 Å². The van der Waals surface area contributed by atoms with Gasteiger partial charge in [-0.3, -0.25) is 14.9 Å². The smallest absolute Gasteiger partial charge is 0.270 e. The first-order chi connectivity index (χ1) is 14.0. The molecule has 0 aliphatic rings. The normalized spacial score (nSPS) is 10.7. The lowest BCUT2D eigenvalue weighted by Gasteiger charge is -2.10. The fraction of sp³-hybridized carbons (Fsp3) is 0. The van der Waals surface area contributed by atoms with Gasteiger partial charge in [-0.25, -0.2) is 9.97 Å². The van der Waals surface area contributed by atoms with Crippen molar-refractivity contribution in [1.82, 2.24) is 9.97 Å². The quantitative estimate of drug-likeness (QED) is 0.280. The Labute approximate surface area is 170 Å². The Morgan fingerprint density at radius 2 is 1.79 bits per heavy atom. The minimum Gasteiger partial charge on any atom is -0.340 e. The number of anilines is 2. The number of nitro benzene ring substituents is 1. The molecule has 4 rings (SSSR count). The second-order valence-corrected chi connectivity index (χ2v) is 6.60. The van der Waals surface area contributed by atoms with Crippen molar-refractivity contribution in [3.63, 3.8) is 0 Å². The molecule has 4 aromatic rings. The van der Waals surface area contributed by atoms with Crippen molar-refractivity contribution in [3.05, 3.63) is 99.3 Å². The molecule has 29 heavy (non-hydrogen) atoms. The molecule has 1 N–H and O–H groups in total. The van der Waals surface area contributed by atoms with E-state index in [4.69, 9.17) is 11.6 Å². The number of benzene rings is 3. The highest BCUT2D eigenvalue weighted by Gasteiger charge is 2.14. The molecule has 0 saturated heterocycles. The van der Waals surface area contributed by atoms with Gasteiger partial charge in [0.15, 0.2) is 5.78 Å². The molecule has 1 aromatic heterocycles. The standard InChI is InChI=1S/C21H13ClN4O3/c22-18-10-14(6-8-16(18)20(27)13-4-2-1-3-5-13)25-21-17-11-15(26(28)29)7-9-19(17)23-12-24-21/h1-12H,(H,23,24,25). The molecule has 0 saturated carbocycles. The summed E-state index contributed by atoms with van der Waals surface area (Å²) in [5.74, 6) is 0.224. The number of carbonyl (C=O) groups excluding carboxylic acids is 1. The van der Waals surface area contributed by atoms with Gasteiger partial charge in [-0.1, -0.05) is 41.9 Å². The number of hydrogen-bond acceptors (Lipinski definition) is 6. The molecule has 8 heteroatoms. The minimum absolute atomic E-state index is 0.0582. The van der Waals surface area contributed by atoms with Gasteiger partial charge in [0.2, 0.25) is 0 Å². The Morgan fingerprint density at radius 3 is 2.52 bits per heavy atom. The average molecular weight is 405 g/mol. The van der Waals surface area contributed by atoms with Crippen molar-refractivity contribution < 1.29 is 9.72 Å². The summed E-state index contributed by atoms with van der Waals surface area (Å²) in [7, 11) is 0. The largest absolute Gasteiger partial charge is 0.340 e. The van der Waals surface area contributed by atoms with Crippen LogP contribution in [0.1, 0.15) is 15.9 Å². The highest BCUT2D eigenvalue weighted by atomic mass is 35.5. The van der Waals surface area contributed by atoms with Gasteiger partial charge in [0, 0.05) is 34.3 Å². The van der Waals surface area contributed by atoms with Crippen LogP contribution in [0.15, 0.2) is 73.1 Å². The van der Waals surface area contributed by atoms with Gasteiger partial charge in [-0.2, -0.15) is 0 Å². The first-order valence-electron chi connectivity index (χ1n) is 8.58. The summed E-state index contributed by atoms with van der Waals surface area (Å²) < 4.78 is 0. The molecule has 0 fully saturated rings. The van der Waals surface area contributed by atoms with E-state index in [1.807, 2.05) is 6.07 Å². The zero-order valence-corrected chi connectivity index (χ0v) is 15.6. The molecule has 7 nitrogen and oxygen atoms in total. The highest BCUT2D eigenvalue weighted by molar-refractivity contribution is 6.35.